The van der Waals surface area contributed by atoms with Crippen molar-refractivity contribution >= 4 is 11.6 Å². The Labute approximate surface area is 91.3 Å². The van der Waals surface area contributed by atoms with Crippen LogP contribution in [0.4, 0.5) is 4.39 Å². The summed E-state index contributed by atoms with van der Waals surface area (Å²) in [5.74, 6) is 0.413. The fourth-order valence-electron chi connectivity index (χ4n) is 1.08. The van der Waals surface area contributed by atoms with Gasteiger partial charge in [-0.2, -0.15) is 0 Å². The molecule has 0 bridgehead atoms. The summed E-state index contributed by atoms with van der Waals surface area (Å²) in [6.07, 6.45) is 1.60. The highest BCUT2D eigenvalue weighted by Gasteiger charge is 2.04. The maximum atomic E-state index is 12.7. The van der Waals surface area contributed by atoms with Gasteiger partial charge in [0.2, 0.25) is 5.88 Å². The van der Waals surface area contributed by atoms with Crippen LogP contribution in [0.15, 0.2) is 42.6 Å². The third-order valence-electron chi connectivity index (χ3n) is 1.75. The molecule has 0 aliphatic heterocycles. The minimum absolute atomic E-state index is 0.223. The van der Waals surface area contributed by atoms with Gasteiger partial charge >= 0.3 is 0 Å². The highest BCUT2D eigenvalue weighted by atomic mass is 35.5. The van der Waals surface area contributed by atoms with Gasteiger partial charge in [-0.15, -0.1) is 0 Å². The van der Waals surface area contributed by atoms with Gasteiger partial charge < -0.3 is 4.74 Å². The molecule has 2 nitrogen and oxygen atoms in total. The van der Waals surface area contributed by atoms with Gasteiger partial charge in [0.05, 0.1) is 5.02 Å². The Morgan fingerprint density at radius 1 is 1.20 bits per heavy atom. The van der Waals surface area contributed by atoms with Gasteiger partial charge in [0.1, 0.15) is 11.6 Å². The van der Waals surface area contributed by atoms with Crippen molar-refractivity contribution in [1.82, 2.24) is 4.98 Å². The molecule has 0 atom stereocenters. The van der Waals surface area contributed by atoms with Gasteiger partial charge in [0, 0.05) is 12.3 Å². The van der Waals surface area contributed by atoms with Crippen LogP contribution < -0.4 is 4.74 Å². The Kier molecular flexibility index (Phi) is 2.83. The maximum Gasteiger partial charge on any atom is 0.219 e. The quantitative estimate of drug-likeness (QED) is 0.775. The first kappa shape index (κ1) is 9.93. The summed E-state index contributed by atoms with van der Waals surface area (Å²) in [5, 5.41) is 0.223. The number of hydrogen-bond acceptors (Lipinski definition) is 2. The van der Waals surface area contributed by atoms with E-state index in [1.54, 1.807) is 24.4 Å². The molecule has 76 valence electrons. The van der Waals surface area contributed by atoms with Crippen LogP contribution in [0.1, 0.15) is 0 Å². The molecule has 0 aliphatic carbocycles. The summed E-state index contributed by atoms with van der Waals surface area (Å²) >= 11 is 5.79. The van der Waals surface area contributed by atoms with E-state index in [0.29, 0.717) is 11.6 Å². The monoisotopic (exact) mass is 223 g/mol. The van der Waals surface area contributed by atoms with E-state index in [1.165, 1.54) is 18.2 Å². The molecule has 0 unspecified atom stereocenters. The molecule has 0 radical (unpaired) electrons. The lowest BCUT2D eigenvalue weighted by Crippen LogP contribution is -1.88. The van der Waals surface area contributed by atoms with Crippen molar-refractivity contribution in [3.63, 3.8) is 0 Å². The van der Waals surface area contributed by atoms with Crippen LogP contribution in [0.2, 0.25) is 5.02 Å². The van der Waals surface area contributed by atoms with Crippen molar-refractivity contribution in [3.8, 4) is 11.6 Å². The predicted molar refractivity (Wildman–Crippen MR) is 55.7 cm³/mol. The standard InChI is InChI=1S/C11H7ClFNO/c12-9-7-8(13)4-5-10(9)15-11-3-1-2-6-14-11/h1-7H. The first-order chi connectivity index (χ1) is 7.25. The van der Waals surface area contributed by atoms with Crippen LogP contribution >= 0.6 is 11.6 Å². The van der Waals surface area contributed by atoms with Gasteiger partial charge in [-0.05, 0) is 24.3 Å². The lowest BCUT2D eigenvalue weighted by Gasteiger charge is -2.05. The van der Waals surface area contributed by atoms with Gasteiger partial charge in [-0.25, -0.2) is 9.37 Å². The molecule has 0 saturated carbocycles. The second-order valence-corrected chi connectivity index (χ2v) is 3.25. The van der Waals surface area contributed by atoms with Gasteiger partial charge in [-0.1, -0.05) is 17.7 Å². The van der Waals surface area contributed by atoms with E-state index in [9.17, 15) is 4.39 Å². The van der Waals surface area contributed by atoms with Crippen molar-refractivity contribution in [1.29, 1.82) is 0 Å². The Morgan fingerprint density at radius 2 is 2.07 bits per heavy atom. The summed E-state index contributed by atoms with van der Waals surface area (Å²) < 4.78 is 18.1. The zero-order valence-electron chi connectivity index (χ0n) is 7.65. The van der Waals surface area contributed by atoms with Crippen LogP contribution in [0.5, 0.6) is 11.6 Å². The molecule has 0 N–H and O–H groups in total. The van der Waals surface area contributed by atoms with E-state index in [1.807, 2.05) is 0 Å². The molecule has 0 spiro atoms. The molecular weight excluding hydrogens is 217 g/mol. The zero-order valence-corrected chi connectivity index (χ0v) is 8.41. The lowest BCUT2D eigenvalue weighted by atomic mass is 10.3. The highest BCUT2D eigenvalue weighted by molar-refractivity contribution is 6.32. The summed E-state index contributed by atoms with van der Waals surface area (Å²) in [4.78, 5) is 3.96. The van der Waals surface area contributed by atoms with Crippen LogP contribution in [-0.2, 0) is 0 Å². The van der Waals surface area contributed by atoms with Crippen LogP contribution in [0, 0.1) is 5.82 Å². The summed E-state index contributed by atoms with van der Waals surface area (Å²) in [5.41, 5.74) is 0. The minimum Gasteiger partial charge on any atom is -0.437 e. The Hall–Kier alpha value is -1.61. The van der Waals surface area contributed by atoms with Crippen LogP contribution in [0.25, 0.3) is 0 Å². The van der Waals surface area contributed by atoms with E-state index < -0.39 is 5.82 Å². The number of benzene rings is 1. The summed E-state index contributed by atoms with van der Waals surface area (Å²) in [6, 6.07) is 9.20. The largest absolute Gasteiger partial charge is 0.437 e. The molecule has 1 heterocycles. The molecular formula is C11H7ClFNO. The zero-order chi connectivity index (χ0) is 10.7. The van der Waals surface area contributed by atoms with E-state index >= 15 is 0 Å². The van der Waals surface area contributed by atoms with Crippen molar-refractivity contribution in [2.45, 2.75) is 0 Å². The number of ether oxygens (including phenoxy) is 1. The van der Waals surface area contributed by atoms with E-state index in [-0.39, 0.29) is 5.02 Å². The van der Waals surface area contributed by atoms with Gasteiger partial charge in [-0.3, -0.25) is 0 Å². The number of aromatic nitrogens is 1. The summed E-state index contributed by atoms with van der Waals surface area (Å²) in [7, 11) is 0. The Morgan fingerprint density at radius 3 is 2.73 bits per heavy atom. The highest BCUT2D eigenvalue weighted by Crippen LogP contribution is 2.28. The smallest absolute Gasteiger partial charge is 0.219 e. The average molecular weight is 224 g/mol. The minimum atomic E-state index is -0.395. The normalized spacial score (nSPS) is 10.0. The van der Waals surface area contributed by atoms with Crippen molar-refractivity contribution in [2.24, 2.45) is 0 Å². The number of rotatable bonds is 2. The first-order valence-electron chi connectivity index (χ1n) is 4.29. The average Bonchev–Trinajstić information content (AvgIpc) is 2.24. The maximum absolute atomic E-state index is 12.7. The van der Waals surface area contributed by atoms with Crippen LogP contribution in [0.3, 0.4) is 0 Å². The topological polar surface area (TPSA) is 22.1 Å². The van der Waals surface area contributed by atoms with E-state index in [2.05, 4.69) is 4.98 Å². The lowest BCUT2D eigenvalue weighted by molar-refractivity contribution is 0.461. The van der Waals surface area contributed by atoms with Gasteiger partial charge in [0.15, 0.2) is 0 Å². The number of pyridine rings is 1. The number of hydrogen-bond donors (Lipinski definition) is 0. The third-order valence-corrected chi connectivity index (χ3v) is 2.04. The number of halogens is 2. The molecule has 2 rings (SSSR count). The third kappa shape index (κ3) is 2.44. The van der Waals surface area contributed by atoms with E-state index in [4.69, 9.17) is 16.3 Å². The molecule has 0 aliphatic rings. The summed E-state index contributed by atoms with van der Waals surface area (Å²) in [6.45, 7) is 0. The Balaban J connectivity index is 2.25. The fraction of sp³-hybridized carbons (Fsp3) is 0. The van der Waals surface area contributed by atoms with Gasteiger partial charge in [0.25, 0.3) is 0 Å². The molecule has 1 aromatic heterocycles. The molecule has 2 aromatic rings. The van der Waals surface area contributed by atoms with E-state index in [0.717, 1.165) is 0 Å². The molecule has 4 heteroatoms. The van der Waals surface area contributed by atoms with Crippen LogP contribution in [-0.4, -0.2) is 4.98 Å². The fourth-order valence-corrected chi connectivity index (χ4v) is 1.28. The second-order valence-electron chi connectivity index (χ2n) is 2.84. The molecule has 1 aromatic carbocycles. The number of nitrogens with zero attached hydrogens (tertiary/aromatic N) is 1. The van der Waals surface area contributed by atoms with Crippen molar-refractivity contribution in [3.05, 3.63) is 53.4 Å². The Bertz CT molecular complexity index is 461. The molecule has 15 heavy (non-hydrogen) atoms. The second kappa shape index (κ2) is 4.28. The molecule has 0 fully saturated rings. The first-order valence-corrected chi connectivity index (χ1v) is 4.67. The van der Waals surface area contributed by atoms with Crippen molar-refractivity contribution in [2.75, 3.05) is 0 Å². The van der Waals surface area contributed by atoms with Crippen molar-refractivity contribution < 1.29 is 9.13 Å². The predicted octanol–water partition coefficient (Wildman–Crippen LogP) is 3.67. The molecule has 0 amide bonds. The SMILES string of the molecule is Fc1ccc(Oc2ccccn2)c(Cl)c1. The molecule has 0 saturated heterocycles.